The number of hydrogen-bond acceptors (Lipinski definition) is 3. The van der Waals surface area contributed by atoms with Crippen molar-refractivity contribution >= 4 is 5.97 Å². The highest BCUT2D eigenvalue weighted by Crippen LogP contribution is 2.06. The molecular weight excluding hydrogens is 156 g/mol. The number of hydrogen-bond donors (Lipinski definition) is 1. The zero-order chi connectivity index (χ0) is 9.56. The molecule has 1 unspecified atom stereocenters. The number of carbonyl (C=O) groups is 1. The van der Waals surface area contributed by atoms with E-state index in [1.807, 2.05) is 0 Å². The van der Waals surface area contributed by atoms with Crippen LogP contribution in [0.5, 0.6) is 0 Å². The van der Waals surface area contributed by atoms with Gasteiger partial charge in [-0.1, -0.05) is 12.7 Å². The molecule has 0 aromatic carbocycles. The van der Waals surface area contributed by atoms with Gasteiger partial charge in [0.05, 0.1) is 6.10 Å². The zero-order valence-corrected chi connectivity index (χ0v) is 7.62. The molecule has 0 aliphatic heterocycles. The first kappa shape index (κ1) is 11.2. The van der Waals surface area contributed by atoms with E-state index in [9.17, 15) is 4.79 Å². The molecule has 1 N–H and O–H groups in total. The Morgan fingerprint density at radius 1 is 1.67 bits per heavy atom. The molecule has 12 heavy (non-hydrogen) atoms. The van der Waals surface area contributed by atoms with E-state index < -0.39 is 0 Å². The fraction of sp³-hybridized carbons (Fsp3) is 0.667. The topological polar surface area (TPSA) is 46.5 Å². The minimum Gasteiger partial charge on any atom is -0.458 e. The molecule has 0 saturated heterocycles. The van der Waals surface area contributed by atoms with Crippen molar-refractivity contribution < 1.29 is 14.6 Å². The van der Waals surface area contributed by atoms with Crippen LogP contribution >= 0.6 is 0 Å². The van der Waals surface area contributed by atoms with E-state index in [-0.39, 0.29) is 18.2 Å². The van der Waals surface area contributed by atoms with Crippen LogP contribution < -0.4 is 0 Å². The average molecular weight is 172 g/mol. The maximum absolute atomic E-state index is 10.5. The first-order valence-corrected chi connectivity index (χ1v) is 4.04. The van der Waals surface area contributed by atoms with Crippen LogP contribution in [0.4, 0.5) is 0 Å². The summed E-state index contributed by atoms with van der Waals surface area (Å²) in [7, 11) is 0. The number of aliphatic hydroxyl groups is 1. The number of ether oxygens (including phenoxy) is 1. The highest BCUT2D eigenvalue weighted by molar-refractivity contribution is 5.66. The summed E-state index contributed by atoms with van der Waals surface area (Å²) in [6, 6.07) is 0. The SMILES string of the molecule is C=CC(CC[C@@H](C)O)OC(C)=O. The summed E-state index contributed by atoms with van der Waals surface area (Å²) in [5.41, 5.74) is 0. The average Bonchev–Trinajstić information content (AvgIpc) is 1.97. The van der Waals surface area contributed by atoms with Crippen molar-refractivity contribution in [2.24, 2.45) is 0 Å². The van der Waals surface area contributed by atoms with Gasteiger partial charge in [-0.15, -0.1) is 0 Å². The number of aliphatic hydroxyl groups excluding tert-OH is 1. The van der Waals surface area contributed by atoms with Crippen LogP contribution in [0, 0.1) is 0 Å². The molecule has 2 atom stereocenters. The molecular formula is C9H16O3. The summed E-state index contributed by atoms with van der Waals surface area (Å²) in [6.45, 7) is 6.60. The largest absolute Gasteiger partial charge is 0.458 e. The summed E-state index contributed by atoms with van der Waals surface area (Å²) in [6.07, 6.45) is 2.19. The Hall–Kier alpha value is -0.830. The Labute approximate surface area is 73.0 Å². The summed E-state index contributed by atoms with van der Waals surface area (Å²) in [5.74, 6) is -0.314. The van der Waals surface area contributed by atoms with Gasteiger partial charge in [-0.2, -0.15) is 0 Å². The van der Waals surface area contributed by atoms with Crippen LogP contribution in [0.2, 0.25) is 0 Å². The van der Waals surface area contributed by atoms with Crippen molar-refractivity contribution in [3.63, 3.8) is 0 Å². The van der Waals surface area contributed by atoms with Gasteiger partial charge < -0.3 is 9.84 Å². The molecule has 70 valence electrons. The van der Waals surface area contributed by atoms with Gasteiger partial charge in [0, 0.05) is 6.92 Å². The van der Waals surface area contributed by atoms with E-state index in [1.165, 1.54) is 6.92 Å². The van der Waals surface area contributed by atoms with Crippen LogP contribution in [0.1, 0.15) is 26.7 Å². The minimum absolute atomic E-state index is 0.267. The van der Waals surface area contributed by atoms with E-state index in [0.29, 0.717) is 12.8 Å². The summed E-state index contributed by atoms with van der Waals surface area (Å²) in [4.78, 5) is 10.5. The quantitative estimate of drug-likeness (QED) is 0.501. The highest BCUT2D eigenvalue weighted by Gasteiger charge is 2.08. The highest BCUT2D eigenvalue weighted by atomic mass is 16.5. The van der Waals surface area contributed by atoms with Crippen molar-refractivity contribution in [1.29, 1.82) is 0 Å². The van der Waals surface area contributed by atoms with Crippen molar-refractivity contribution in [2.75, 3.05) is 0 Å². The van der Waals surface area contributed by atoms with Crippen molar-refractivity contribution in [2.45, 2.75) is 38.9 Å². The predicted molar refractivity (Wildman–Crippen MR) is 46.7 cm³/mol. The van der Waals surface area contributed by atoms with E-state index in [1.54, 1.807) is 13.0 Å². The van der Waals surface area contributed by atoms with Gasteiger partial charge in [-0.3, -0.25) is 4.79 Å². The van der Waals surface area contributed by atoms with Crippen LogP contribution in [0.15, 0.2) is 12.7 Å². The molecule has 0 saturated carbocycles. The molecule has 0 fully saturated rings. The molecule has 0 amide bonds. The second-order valence-electron chi connectivity index (χ2n) is 2.81. The lowest BCUT2D eigenvalue weighted by Crippen LogP contribution is -2.15. The molecule has 0 aromatic heterocycles. The third-order valence-electron chi connectivity index (χ3n) is 1.45. The lowest BCUT2D eigenvalue weighted by molar-refractivity contribution is -0.144. The van der Waals surface area contributed by atoms with Gasteiger partial charge in [0.1, 0.15) is 6.10 Å². The third-order valence-corrected chi connectivity index (χ3v) is 1.45. The lowest BCUT2D eigenvalue weighted by Gasteiger charge is -2.13. The van der Waals surface area contributed by atoms with Crippen molar-refractivity contribution in [3.8, 4) is 0 Å². The molecule has 0 aromatic rings. The molecule has 0 heterocycles. The second kappa shape index (κ2) is 5.77. The zero-order valence-electron chi connectivity index (χ0n) is 7.62. The lowest BCUT2D eigenvalue weighted by atomic mass is 10.1. The van der Waals surface area contributed by atoms with E-state index in [4.69, 9.17) is 9.84 Å². The number of rotatable bonds is 5. The molecule has 3 heteroatoms. The summed E-state index contributed by atoms with van der Waals surface area (Å²) in [5, 5.41) is 8.96. The Kier molecular flexibility index (Phi) is 5.37. The van der Waals surface area contributed by atoms with Crippen LogP contribution in [-0.4, -0.2) is 23.3 Å². The first-order valence-electron chi connectivity index (χ1n) is 4.04. The molecule has 3 nitrogen and oxygen atoms in total. The normalized spacial score (nSPS) is 14.9. The standard InChI is InChI=1S/C9H16O3/c1-4-9(12-8(3)11)6-5-7(2)10/h4,7,9-10H,1,5-6H2,2-3H3/t7-,9?/m1/s1. The maximum Gasteiger partial charge on any atom is 0.303 e. The molecule has 0 aliphatic rings. The van der Waals surface area contributed by atoms with Gasteiger partial charge in [0.25, 0.3) is 0 Å². The Bertz CT molecular complexity index is 152. The summed E-state index contributed by atoms with van der Waals surface area (Å²) < 4.78 is 4.88. The minimum atomic E-state index is -0.358. The van der Waals surface area contributed by atoms with Crippen LogP contribution in [0.3, 0.4) is 0 Å². The van der Waals surface area contributed by atoms with Gasteiger partial charge in [0.15, 0.2) is 0 Å². The fourth-order valence-electron chi connectivity index (χ4n) is 0.844. The number of esters is 1. The van der Waals surface area contributed by atoms with E-state index in [0.717, 1.165) is 0 Å². The monoisotopic (exact) mass is 172 g/mol. The number of carbonyl (C=O) groups excluding carboxylic acids is 1. The van der Waals surface area contributed by atoms with E-state index in [2.05, 4.69) is 6.58 Å². The molecule has 0 spiro atoms. The smallest absolute Gasteiger partial charge is 0.303 e. The maximum atomic E-state index is 10.5. The van der Waals surface area contributed by atoms with Gasteiger partial charge >= 0.3 is 5.97 Å². The summed E-state index contributed by atoms with van der Waals surface area (Å²) >= 11 is 0. The Morgan fingerprint density at radius 3 is 2.58 bits per heavy atom. The van der Waals surface area contributed by atoms with Crippen molar-refractivity contribution in [1.82, 2.24) is 0 Å². The predicted octanol–water partition coefficient (Wildman–Crippen LogP) is 1.27. The molecule has 0 radical (unpaired) electrons. The Morgan fingerprint density at radius 2 is 2.25 bits per heavy atom. The molecule has 0 aliphatic carbocycles. The van der Waals surface area contributed by atoms with Crippen LogP contribution in [0.25, 0.3) is 0 Å². The second-order valence-corrected chi connectivity index (χ2v) is 2.81. The first-order chi connectivity index (χ1) is 5.56. The Balaban J connectivity index is 3.67. The molecule has 0 rings (SSSR count). The molecule has 0 bridgehead atoms. The van der Waals surface area contributed by atoms with Crippen molar-refractivity contribution in [3.05, 3.63) is 12.7 Å². The van der Waals surface area contributed by atoms with Gasteiger partial charge in [-0.05, 0) is 19.8 Å². The fourth-order valence-corrected chi connectivity index (χ4v) is 0.844. The van der Waals surface area contributed by atoms with Crippen LogP contribution in [-0.2, 0) is 9.53 Å². The van der Waals surface area contributed by atoms with Gasteiger partial charge in [0.2, 0.25) is 0 Å². The third kappa shape index (κ3) is 5.92. The van der Waals surface area contributed by atoms with E-state index >= 15 is 0 Å². The van der Waals surface area contributed by atoms with Gasteiger partial charge in [-0.25, -0.2) is 0 Å².